The lowest BCUT2D eigenvalue weighted by atomic mass is 10.1. The molecule has 1 heterocycles. The molecule has 0 aliphatic heterocycles. The number of rotatable bonds is 4. The summed E-state index contributed by atoms with van der Waals surface area (Å²) in [5, 5.41) is 8.87. The molecule has 15 heavy (non-hydrogen) atoms. The van der Waals surface area contributed by atoms with Gasteiger partial charge in [0.15, 0.2) is 5.69 Å². The van der Waals surface area contributed by atoms with Gasteiger partial charge < -0.3 is 5.11 Å². The highest BCUT2D eigenvalue weighted by atomic mass is 16.4. The van der Waals surface area contributed by atoms with Gasteiger partial charge in [-0.2, -0.15) is 0 Å². The van der Waals surface area contributed by atoms with Gasteiger partial charge in [-0.25, -0.2) is 14.8 Å². The van der Waals surface area contributed by atoms with Crippen LogP contribution in [0.15, 0.2) is 6.07 Å². The van der Waals surface area contributed by atoms with E-state index in [0.717, 1.165) is 12.1 Å². The Morgan fingerprint density at radius 1 is 1.47 bits per heavy atom. The minimum Gasteiger partial charge on any atom is -0.477 e. The minimum atomic E-state index is -0.989. The van der Waals surface area contributed by atoms with E-state index >= 15 is 0 Å². The van der Waals surface area contributed by atoms with Crippen molar-refractivity contribution in [3.05, 3.63) is 23.3 Å². The fourth-order valence-electron chi connectivity index (χ4n) is 1.30. The molecular formula is C11H16N2O2. The third kappa shape index (κ3) is 3.31. The highest BCUT2D eigenvalue weighted by Gasteiger charge is 2.10. The van der Waals surface area contributed by atoms with Crippen molar-refractivity contribution < 1.29 is 9.90 Å². The normalized spacial score (nSPS) is 10.7. The molecular weight excluding hydrogens is 192 g/mol. The first-order valence-electron chi connectivity index (χ1n) is 5.13. The molecule has 1 N–H and O–H groups in total. The Morgan fingerprint density at radius 3 is 2.60 bits per heavy atom. The van der Waals surface area contributed by atoms with Crippen LogP contribution in [-0.4, -0.2) is 21.0 Å². The van der Waals surface area contributed by atoms with Crippen molar-refractivity contribution in [2.45, 2.75) is 33.6 Å². The summed E-state index contributed by atoms with van der Waals surface area (Å²) in [6, 6.07) is 1.53. The van der Waals surface area contributed by atoms with Gasteiger partial charge in [0.1, 0.15) is 5.82 Å². The molecule has 0 bridgehead atoms. The predicted molar refractivity (Wildman–Crippen MR) is 56.9 cm³/mol. The highest BCUT2D eigenvalue weighted by Crippen LogP contribution is 2.07. The van der Waals surface area contributed by atoms with Crippen LogP contribution in [0.2, 0.25) is 0 Å². The van der Waals surface area contributed by atoms with E-state index in [2.05, 4.69) is 23.8 Å². The summed E-state index contributed by atoms with van der Waals surface area (Å²) in [5.41, 5.74) is 0.885. The van der Waals surface area contributed by atoms with Gasteiger partial charge in [-0.1, -0.05) is 20.8 Å². The zero-order valence-electron chi connectivity index (χ0n) is 9.32. The highest BCUT2D eigenvalue weighted by molar-refractivity contribution is 5.85. The monoisotopic (exact) mass is 208 g/mol. The summed E-state index contributed by atoms with van der Waals surface area (Å²) in [6.07, 6.45) is 1.45. The quantitative estimate of drug-likeness (QED) is 0.821. The van der Waals surface area contributed by atoms with Crippen molar-refractivity contribution in [1.82, 2.24) is 9.97 Å². The number of aryl methyl sites for hydroxylation is 1. The van der Waals surface area contributed by atoms with E-state index in [1.807, 2.05) is 6.92 Å². The molecule has 1 aromatic heterocycles. The Kier molecular flexibility index (Phi) is 3.77. The van der Waals surface area contributed by atoms with Gasteiger partial charge >= 0.3 is 5.97 Å². The number of carbonyl (C=O) groups is 1. The number of hydrogen-bond donors (Lipinski definition) is 1. The molecule has 1 rings (SSSR count). The minimum absolute atomic E-state index is 0.0949. The number of carboxylic acid groups (broad SMARTS) is 1. The van der Waals surface area contributed by atoms with Crippen LogP contribution < -0.4 is 0 Å². The molecule has 0 aliphatic carbocycles. The zero-order chi connectivity index (χ0) is 11.4. The molecule has 82 valence electrons. The van der Waals surface area contributed by atoms with E-state index in [1.54, 1.807) is 0 Å². The fraction of sp³-hybridized carbons (Fsp3) is 0.545. The molecule has 0 radical (unpaired) electrons. The third-order valence-electron chi connectivity index (χ3n) is 2.00. The Morgan fingerprint density at radius 2 is 2.13 bits per heavy atom. The topological polar surface area (TPSA) is 63.1 Å². The first-order valence-corrected chi connectivity index (χ1v) is 5.13. The molecule has 0 atom stereocenters. The van der Waals surface area contributed by atoms with Gasteiger partial charge in [-0.05, 0) is 18.4 Å². The smallest absolute Gasteiger partial charge is 0.354 e. The summed E-state index contributed by atoms with van der Waals surface area (Å²) < 4.78 is 0. The molecule has 4 heteroatoms. The van der Waals surface area contributed by atoms with E-state index in [4.69, 9.17) is 5.11 Å². The van der Waals surface area contributed by atoms with Crippen LogP contribution in [0.1, 0.15) is 42.8 Å². The number of aromatic carboxylic acids is 1. The van der Waals surface area contributed by atoms with Crippen molar-refractivity contribution in [2.24, 2.45) is 5.92 Å². The van der Waals surface area contributed by atoms with Gasteiger partial charge in [-0.15, -0.1) is 0 Å². The molecule has 1 aromatic rings. The Balaban J connectivity index is 3.05. The Bertz CT molecular complexity index is 362. The lowest BCUT2D eigenvalue weighted by Crippen LogP contribution is -2.09. The van der Waals surface area contributed by atoms with Gasteiger partial charge in [0.2, 0.25) is 0 Å². The average Bonchev–Trinajstić information content (AvgIpc) is 2.16. The van der Waals surface area contributed by atoms with Crippen LogP contribution in [0.4, 0.5) is 0 Å². The lowest BCUT2D eigenvalue weighted by Gasteiger charge is -2.06. The third-order valence-corrected chi connectivity index (χ3v) is 2.00. The molecule has 4 nitrogen and oxygen atoms in total. The van der Waals surface area contributed by atoms with E-state index in [0.29, 0.717) is 18.2 Å². The number of carboxylic acids is 1. The number of nitrogens with zero attached hydrogens (tertiary/aromatic N) is 2. The van der Waals surface area contributed by atoms with Crippen molar-refractivity contribution in [3.63, 3.8) is 0 Å². The second-order valence-electron chi connectivity index (χ2n) is 3.92. The van der Waals surface area contributed by atoms with Crippen LogP contribution in [0.5, 0.6) is 0 Å². The number of aromatic nitrogens is 2. The van der Waals surface area contributed by atoms with Crippen molar-refractivity contribution in [2.75, 3.05) is 0 Å². The predicted octanol–water partition coefficient (Wildman–Crippen LogP) is 1.94. The summed E-state index contributed by atoms with van der Waals surface area (Å²) in [7, 11) is 0. The zero-order valence-corrected chi connectivity index (χ0v) is 9.32. The summed E-state index contributed by atoms with van der Waals surface area (Å²) in [6.45, 7) is 6.07. The van der Waals surface area contributed by atoms with Crippen LogP contribution in [0.25, 0.3) is 0 Å². The van der Waals surface area contributed by atoms with E-state index in [9.17, 15) is 4.79 Å². The maximum atomic E-state index is 10.8. The van der Waals surface area contributed by atoms with Gasteiger partial charge in [0.25, 0.3) is 0 Å². The molecule has 0 aliphatic rings. The van der Waals surface area contributed by atoms with Crippen molar-refractivity contribution >= 4 is 5.97 Å². The molecule has 0 saturated carbocycles. The number of hydrogen-bond acceptors (Lipinski definition) is 3. The summed E-state index contributed by atoms with van der Waals surface area (Å²) in [5.74, 6) is 0.0672. The second-order valence-corrected chi connectivity index (χ2v) is 3.92. The fourth-order valence-corrected chi connectivity index (χ4v) is 1.30. The molecule has 0 amide bonds. The standard InChI is InChI=1S/C11H16N2O2/c1-4-8-6-9(11(14)15)13-10(12-8)5-7(2)3/h6-7H,4-5H2,1-3H3,(H,14,15). The van der Waals surface area contributed by atoms with Gasteiger partial charge in [0.05, 0.1) is 0 Å². The SMILES string of the molecule is CCc1cc(C(=O)O)nc(CC(C)C)n1. The van der Waals surface area contributed by atoms with E-state index < -0.39 is 5.97 Å². The second kappa shape index (κ2) is 4.87. The molecule has 0 spiro atoms. The van der Waals surface area contributed by atoms with Crippen molar-refractivity contribution in [1.29, 1.82) is 0 Å². The van der Waals surface area contributed by atoms with Crippen LogP contribution in [-0.2, 0) is 12.8 Å². The van der Waals surface area contributed by atoms with Crippen LogP contribution in [0.3, 0.4) is 0 Å². The average molecular weight is 208 g/mol. The largest absolute Gasteiger partial charge is 0.477 e. The molecule has 0 aromatic carbocycles. The van der Waals surface area contributed by atoms with Gasteiger partial charge in [0, 0.05) is 12.1 Å². The van der Waals surface area contributed by atoms with E-state index in [-0.39, 0.29) is 5.69 Å². The van der Waals surface area contributed by atoms with Crippen LogP contribution in [0, 0.1) is 5.92 Å². The van der Waals surface area contributed by atoms with Crippen LogP contribution >= 0.6 is 0 Å². The van der Waals surface area contributed by atoms with Crippen molar-refractivity contribution in [3.8, 4) is 0 Å². The molecule has 0 fully saturated rings. The molecule has 0 unspecified atom stereocenters. The summed E-state index contributed by atoms with van der Waals surface area (Å²) in [4.78, 5) is 19.1. The van der Waals surface area contributed by atoms with E-state index in [1.165, 1.54) is 6.07 Å². The first kappa shape index (κ1) is 11.6. The maximum Gasteiger partial charge on any atom is 0.354 e. The summed E-state index contributed by atoms with van der Waals surface area (Å²) >= 11 is 0. The Hall–Kier alpha value is -1.45. The lowest BCUT2D eigenvalue weighted by molar-refractivity contribution is 0.0689. The van der Waals surface area contributed by atoms with Gasteiger partial charge in [-0.3, -0.25) is 0 Å². The Labute approximate surface area is 89.4 Å². The maximum absolute atomic E-state index is 10.8. The first-order chi connectivity index (χ1) is 7.02. The molecule has 0 saturated heterocycles.